The summed E-state index contributed by atoms with van der Waals surface area (Å²) in [6.07, 6.45) is -0.494. The standard InChI is InChI=1S/C64H119N33O13/c65-25-3-1-11-40(91-51(103)39(14-6-28-83-60(72)73)89-48(100)34-88-50(102)37(67)33-35-19-21-36(98)22-20-35)53(105)92-41(12-2-4-26-66)54(106)94-45(18-10-32-87-64(80)81)57(109)97-46(23-24-47(68)99)58(110)96-44(17-9-31-86-63(78)79)56(108)95-43(16-8-30-85-62(76)77)55(107)93-42(15-7-29-84-61(74)75)52(104)90-38(49(69)101)13-5-27-82-59(70)71/h19-22,37-46,98H,1-18,23-34,65-67H2,(H2,68,99)(H2,69,101)(H,88,102)(H,89,100)(H,90,104)(H,91,103)(H,92,105)(H,93,107)(H,94,106)(H,95,108)(H,96,110)(H,97,109)(H4,70,71,82)(H4,72,73,83)(H4,74,75,84)(H4,76,77,85)(H4,78,79,86)(H4,80,81,87)/t37-,38-,39-,40-,41-,42-,43-,44-,45-,46-/m0/s1. The maximum Gasteiger partial charge on any atom is 0.243 e. The molecule has 46 heteroatoms. The molecule has 1 rings (SSSR count). The maximum absolute atomic E-state index is 14.8. The second-order valence-electron chi connectivity index (χ2n) is 25.7. The van der Waals surface area contributed by atoms with Crippen molar-refractivity contribution < 1.29 is 62.6 Å². The van der Waals surface area contributed by atoms with Crippen molar-refractivity contribution in [2.45, 2.75) is 195 Å². The fourth-order valence-electron chi connectivity index (χ4n) is 10.6. The van der Waals surface area contributed by atoms with Crippen LogP contribution in [0.5, 0.6) is 5.75 Å². The highest BCUT2D eigenvalue weighted by Gasteiger charge is 2.36. The molecular formula is C64H119N33O13. The lowest BCUT2D eigenvalue weighted by Gasteiger charge is -2.28. The van der Waals surface area contributed by atoms with E-state index in [9.17, 15) is 62.6 Å². The van der Waals surface area contributed by atoms with Gasteiger partial charge < -0.3 is 153 Å². The van der Waals surface area contributed by atoms with E-state index in [1.807, 2.05) is 0 Å². The number of amides is 12. The number of hydrogen-bond donors (Lipinski definition) is 34. The van der Waals surface area contributed by atoms with Crippen molar-refractivity contribution in [2.75, 3.05) is 58.9 Å². The fourth-order valence-corrected chi connectivity index (χ4v) is 10.6. The van der Waals surface area contributed by atoms with Crippen molar-refractivity contribution in [3.8, 4) is 5.75 Å². The topological polar surface area (TPSA) is 847 Å². The van der Waals surface area contributed by atoms with Crippen molar-refractivity contribution in [1.82, 2.24) is 85.1 Å². The van der Waals surface area contributed by atoms with Crippen LogP contribution in [0.1, 0.15) is 134 Å². The number of unbranched alkanes of at least 4 members (excludes halogenated alkanes) is 2. The van der Waals surface area contributed by atoms with E-state index in [1.165, 1.54) is 12.1 Å². The Morgan fingerprint density at radius 3 is 0.818 bits per heavy atom. The number of carbonyl (C=O) groups excluding carboxylic acids is 12. The minimum atomic E-state index is -1.74. The first-order chi connectivity index (χ1) is 52.1. The molecule has 45 N–H and O–H groups in total. The molecule has 0 spiro atoms. The Morgan fingerprint density at radius 1 is 0.318 bits per heavy atom. The second-order valence-corrected chi connectivity index (χ2v) is 25.7. The zero-order valence-electron chi connectivity index (χ0n) is 62.0. The summed E-state index contributed by atoms with van der Waals surface area (Å²) in [5.74, 6) is -13.6. The van der Waals surface area contributed by atoms with E-state index in [-0.39, 0.29) is 179 Å². The van der Waals surface area contributed by atoms with Crippen LogP contribution in [0.3, 0.4) is 0 Å². The first kappa shape index (κ1) is 96.2. The number of phenolic OH excluding ortho intramolecular Hbond substituents is 1. The van der Waals surface area contributed by atoms with E-state index in [1.54, 1.807) is 12.1 Å². The minimum Gasteiger partial charge on any atom is -0.508 e. The van der Waals surface area contributed by atoms with Gasteiger partial charge in [0.25, 0.3) is 0 Å². The van der Waals surface area contributed by atoms with Crippen LogP contribution in [0.15, 0.2) is 24.3 Å². The summed E-state index contributed by atoms with van der Waals surface area (Å²) in [7, 11) is 0. The Labute approximate surface area is 637 Å². The van der Waals surface area contributed by atoms with E-state index in [0.29, 0.717) is 18.4 Å². The van der Waals surface area contributed by atoms with Crippen LogP contribution < -0.4 is 148 Å². The monoisotopic (exact) mass is 1560 g/mol. The summed E-state index contributed by atoms with van der Waals surface area (Å²) in [6.45, 7) is -0.128. The molecule has 0 aliphatic heterocycles. The average molecular weight is 1560 g/mol. The molecule has 0 fully saturated rings. The van der Waals surface area contributed by atoms with Gasteiger partial charge in [-0.2, -0.15) is 0 Å². The molecule has 0 heterocycles. The predicted octanol–water partition coefficient (Wildman–Crippen LogP) is -10.7. The summed E-state index contributed by atoms with van der Waals surface area (Å²) in [6, 6.07) is -8.62. The van der Waals surface area contributed by atoms with Crippen LogP contribution in [0.2, 0.25) is 0 Å². The number of phenols is 1. The first-order valence-corrected chi connectivity index (χ1v) is 36.1. The number of nitrogens with two attached hydrogens (primary N) is 11. The molecule has 1 aromatic carbocycles. The first-order valence-electron chi connectivity index (χ1n) is 36.1. The van der Waals surface area contributed by atoms with Crippen molar-refractivity contribution in [1.29, 1.82) is 32.5 Å². The molecule has 12 amide bonds. The van der Waals surface area contributed by atoms with Gasteiger partial charge in [0.15, 0.2) is 35.8 Å². The van der Waals surface area contributed by atoms with Crippen molar-refractivity contribution >= 4 is 107 Å². The average Bonchev–Trinajstić information content (AvgIpc) is 0.860. The molecule has 0 unspecified atom stereocenters. The molecule has 0 bridgehead atoms. The molecule has 0 aromatic heterocycles. The number of carbonyl (C=O) groups is 12. The molecule has 46 nitrogen and oxygen atoms in total. The van der Waals surface area contributed by atoms with E-state index in [0.717, 1.165) is 0 Å². The largest absolute Gasteiger partial charge is 0.508 e. The number of primary amides is 2. The summed E-state index contributed by atoms with van der Waals surface area (Å²) < 4.78 is 0. The lowest BCUT2D eigenvalue weighted by atomic mass is 10.0. The molecular weight excluding hydrogens is 1440 g/mol. The molecule has 0 saturated carbocycles. The van der Waals surface area contributed by atoms with Gasteiger partial charge in [-0.25, -0.2) is 0 Å². The zero-order chi connectivity index (χ0) is 82.7. The number of benzene rings is 1. The lowest BCUT2D eigenvalue weighted by molar-refractivity contribution is -0.136. The molecule has 618 valence electrons. The molecule has 10 atom stereocenters. The van der Waals surface area contributed by atoms with Gasteiger partial charge in [-0.1, -0.05) is 12.1 Å². The van der Waals surface area contributed by atoms with Crippen LogP contribution in [-0.2, 0) is 64.0 Å². The summed E-state index contributed by atoms with van der Waals surface area (Å²) in [4.78, 5) is 168. The molecule has 0 radical (unpaired) electrons. The molecule has 0 aliphatic rings. The van der Waals surface area contributed by atoms with Crippen molar-refractivity contribution in [3.05, 3.63) is 29.8 Å². The zero-order valence-corrected chi connectivity index (χ0v) is 62.0. The molecule has 110 heavy (non-hydrogen) atoms. The fraction of sp³-hybridized carbons (Fsp3) is 0.625. The number of rotatable bonds is 58. The van der Waals surface area contributed by atoms with E-state index >= 15 is 0 Å². The highest BCUT2D eigenvalue weighted by molar-refractivity contribution is 5.99. The summed E-state index contributed by atoms with van der Waals surface area (Å²) >= 11 is 0. The van der Waals surface area contributed by atoms with Gasteiger partial charge in [0.2, 0.25) is 70.9 Å². The summed E-state index contributed by atoms with van der Waals surface area (Å²) in [5.41, 5.74) is 62.5. The van der Waals surface area contributed by atoms with Gasteiger partial charge in [0, 0.05) is 45.7 Å². The van der Waals surface area contributed by atoms with Gasteiger partial charge in [0.1, 0.15) is 60.1 Å². The van der Waals surface area contributed by atoms with Gasteiger partial charge in [0.05, 0.1) is 12.6 Å². The Morgan fingerprint density at radius 2 is 0.564 bits per heavy atom. The van der Waals surface area contributed by atoms with Gasteiger partial charge in [-0.3, -0.25) is 90.0 Å². The van der Waals surface area contributed by atoms with Crippen LogP contribution in [0, 0.1) is 32.5 Å². The number of aromatic hydroxyl groups is 1. The predicted molar refractivity (Wildman–Crippen MR) is 409 cm³/mol. The van der Waals surface area contributed by atoms with Gasteiger partial charge >= 0.3 is 0 Å². The molecule has 0 aliphatic carbocycles. The Balaban J connectivity index is 3.86. The number of guanidine groups is 6. The SMILES string of the molecule is N=C(N)NCCC[C@H](NC(=O)[C@H](CCCNC(=N)N)NC(=O)[C@H](CCCNC(=N)N)NC(=O)[C@H](CCCNC(=N)N)NC(=O)[C@H](CCC(N)=O)NC(=O)[C@H](CCCNC(=N)N)NC(=O)[C@H](CCCCN)NC(=O)[C@H](CCCCN)NC(=O)[C@H](CCCNC(=N)N)NC(=O)CNC(=O)[C@@H](N)Cc1ccc(O)cc1)C(N)=O. The Bertz CT molecular complexity index is 3200. The van der Waals surface area contributed by atoms with Crippen LogP contribution >= 0.6 is 0 Å². The third-order valence-corrected chi connectivity index (χ3v) is 16.4. The van der Waals surface area contributed by atoms with Gasteiger partial charge in [-0.05, 0) is 159 Å². The normalized spacial score (nSPS) is 13.5. The molecule has 0 saturated heterocycles. The van der Waals surface area contributed by atoms with Crippen molar-refractivity contribution in [3.63, 3.8) is 0 Å². The third-order valence-electron chi connectivity index (χ3n) is 16.4. The minimum absolute atomic E-state index is 0.00107. The van der Waals surface area contributed by atoms with E-state index in [4.69, 9.17) is 95.5 Å². The second kappa shape index (κ2) is 54.7. The Kier molecular flexibility index (Phi) is 47.8. The highest BCUT2D eigenvalue weighted by Crippen LogP contribution is 2.14. The number of hydrogen-bond acceptors (Lipinski definition) is 22. The lowest BCUT2D eigenvalue weighted by Crippen LogP contribution is -2.60. The summed E-state index contributed by atoms with van der Waals surface area (Å²) in [5, 5.41) is 96.4. The van der Waals surface area contributed by atoms with Crippen LogP contribution in [0.25, 0.3) is 0 Å². The smallest absolute Gasteiger partial charge is 0.243 e. The van der Waals surface area contributed by atoms with Crippen LogP contribution in [0.4, 0.5) is 0 Å². The van der Waals surface area contributed by atoms with Gasteiger partial charge in [-0.15, -0.1) is 0 Å². The van der Waals surface area contributed by atoms with E-state index < -0.39 is 175 Å². The van der Waals surface area contributed by atoms with Crippen LogP contribution in [-0.4, -0.2) is 231 Å². The van der Waals surface area contributed by atoms with E-state index in [2.05, 4.69) is 85.1 Å². The Hall–Kier alpha value is -11.8. The number of nitrogens with one attached hydrogen (secondary N) is 22. The molecule has 1 aromatic rings. The maximum atomic E-state index is 14.8. The quantitative estimate of drug-likeness (QED) is 0.0164. The van der Waals surface area contributed by atoms with Crippen molar-refractivity contribution in [2.24, 2.45) is 63.1 Å². The highest BCUT2D eigenvalue weighted by atomic mass is 16.3. The third kappa shape index (κ3) is 44.3.